The summed E-state index contributed by atoms with van der Waals surface area (Å²) in [6.07, 6.45) is 0. The molecule has 2 aromatic heterocycles. The van der Waals surface area contributed by atoms with Crippen molar-refractivity contribution in [2.45, 2.75) is 33.4 Å². The molecule has 0 fully saturated rings. The summed E-state index contributed by atoms with van der Waals surface area (Å²) >= 11 is 0. The lowest BCUT2D eigenvalue weighted by molar-refractivity contribution is 0.101. The van der Waals surface area contributed by atoms with Crippen molar-refractivity contribution in [3.63, 3.8) is 0 Å². The number of carbonyl (C=O) groups is 1. The van der Waals surface area contributed by atoms with Crippen LogP contribution in [-0.2, 0) is 6.54 Å². The van der Waals surface area contributed by atoms with Crippen molar-refractivity contribution in [3.05, 3.63) is 35.4 Å². The highest BCUT2D eigenvalue weighted by Gasteiger charge is 2.16. The van der Waals surface area contributed by atoms with E-state index in [0.717, 1.165) is 5.56 Å². The predicted molar refractivity (Wildman–Crippen MR) is 103 cm³/mol. The Morgan fingerprint density at radius 1 is 1.30 bits per heavy atom. The number of benzene rings is 1. The van der Waals surface area contributed by atoms with Crippen LogP contribution in [0.2, 0.25) is 0 Å². The zero-order chi connectivity index (χ0) is 19.4. The van der Waals surface area contributed by atoms with Gasteiger partial charge < -0.3 is 15.7 Å². The summed E-state index contributed by atoms with van der Waals surface area (Å²) in [6, 6.07) is 7.24. The second-order valence-corrected chi connectivity index (χ2v) is 6.69. The van der Waals surface area contributed by atoms with E-state index in [1.807, 2.05) is 32.0 Å². The lowest BCUT2D eigenvalue weighted by Gasteiger charge is -2.20. The van der Waals surface area contributed by atoms with Crippen molar-refractivity contribution < 1.29 is 9.90 Å². The molecule has 0 aliphatic carbocycles. The van der Waals surface area contributed by atoms with Crippen molar-refractivity contribution in [1.29, 1.82) is 0 Å². The Bertz CT molecular complexity index is 938. The second kappa shape index (κ2) is 8.09. The first-order valence-electron chi connectivity index (χ1n) is 8.78. The number of hydrogen-bond acceptors (Lipinski definition) is 8. The summed E-state index contributed by atoms with van der Waals surface area (Å²) in [7, 11) is 0. The average Bonchev–Trinajstić information content (AvgIpc) is 3.12. The van der Waals surface area contributed by atoms with Gasteiger partial charge in [-0.25, -0.2) is 5.10 Å². The number of anilines is 2. The number of nitrogens with one attached hydrogen (secondary N) is 3. The number of aromatic nitrogens is 5. The summed E-state index contributed by atoms with van der Waals surface area (Å²) in [5, 5.41) is 26.5. The first-order chi connectivity index (χ1) is 13.0. The number of ketones is 1. The van der Waals surface area contributed by atoms with Crippen molar-refractivity contribution in [1.82, 2.24) is 25.4 Å². The molecule has 9 nitrogen and oxygen atoms in total. The quantitative estimate of drug-likeness (QED) is 0.444. The highest BCUT2D eigenvalue weighted by molar-refractivity contribution is 5.94. The Kier molecular flexibility index (Phi) is 5.60. The number of aromatic amines is 1. The van der Waals surface area contributed by atoms with E-state index in [1.54, 1.807) is 13.0 Å². The zero-order valence-electron chi connectivity index (χ0n) is 15.5. The van der Waals surface area contributed by atoms with Gasteiger partial charge in [0.1, 0.15) is 0 Å². The number of H-pyrrole nitrogens is 1. The van der Waals surface area contributed by atoms with E-state index < -0.39 is 0 Å². The standard InChI is InChI=1S/C18H23N7O2/c1-10(2)14(9-26)20-18-21-16(15-17(22-18)24-25-23-15)19-8-12-5-4-6-13(7-12)11(3)27/h4-7,10,14,26H,8-9H2,1-3H3,(H3,19,20,21,22,23,24,25). The van der Waals surface area contributed by atoms with Gasteiger partial charge in [0.15, 0.2) is 22.8 Å². The van der Waals surface area contributed by atoms with Crippen molar-refractivity contribution >= 4 is 28.7 Å². The van der Waals surface area contributed by atoms with Crippen LogP contribution in [0.3, 0.4) is 0 Å². The fraction of sp³-hybridized carbons (Fsp3) is 0.389. The summed E-state index contributed by atoms with van der Waals surface area (Å²) in [4.78, 5) is 20.4. The number of aliphatic hydroxyl groups excluding tert-OH is 1. The Labute approximate surface area is 156 Å². The molecular weight excluding hydrogens is 346 g/mol. The smallest absolute Gasteiger partial charge is 0.227 e. The molecule has 0 saturated carbocycles. The molecule has 0 amide bonds. The third-order valence-corrected chi connectivity index (χ3v) is 4.30. The molecule has 142 valence electrons. The van der Waals surface area contributed by atoms with Crippen LogP contribution in [0, 0.1) is 5.92 Å². The lowest BCUT2D eigenvalue weighted by Crippen LogP contribution is -2.30. The highest BCUT2D eigenvalue weighted by atomic mass is 16.3. The molecule has 3 rings (SSSR count). The molecule has 1 atom stereocenters. The molecule has 1 unspecified atom stereocenters. The van der Waals surface area contributed by atoms with Gasteiger partial charge in [-0.2, -0.15) is 9.97 Å². The number of carbonyl (C=O) groups excluding carboxylic acids is 1. The molecule has 9 heteroatoms. The second-order valence-electron chi connectivity index (χ2n) is 6.69. The maximum atomic E-state index is 11.6. The van der Waals surface area contributed by atoms with Gasteiger partial charge in [-0.3, -0.25) is 4.79 Å². The minimum atomic E-state index is -0.168. The molecule has 1 aromatic carbocycles. The van der Waals surface area contributed by atoms with E-state index >= 15 is 0 Å². The number of Topliss-reactive ketones (excluding diaryl/α,β-unsaturated/α-hetero) is 1. The van der Waals surface area contributed by atoms with E-state index in [0.29, 0.717) is 35.0 Å². The van der Waals surface area contributed by atoms with Gasteiger partial charge in [0.25, 0.3) is 0 Å². The molecule has 0 saturated heterocycles. The Hall–Kier alpha value is -3.07. The van der Waals surface area contributed by atoms with Crippen molar-refractivity contribution in [2.24, 2.45) is 5.92 Å². The SMILES string of the molecule is CC(=O)c1cccc(CNc2nc(NC(CO)C(C)C)nc3[nH]nnc23)c1. The van der Waals surface area contributed by atoms with Crippen LogP contribution >= 0.6 is 0 Å². The number of rotatable bonds is 8. The van der Waals surface area contributed by atoms with Gasteiger partial charge in [0, 0.05) is 12.1 Å². The van der Waals surface area contributed by atoms with E-state index in [9.17, 15) is 9.90 Å². The zero-order valence-corrected chi connectivity index (χ0v) is 15.5. The van der Waals surface area contributed by atoms with Crippen molar-refractivity contribution in [2.75, 3.05) is 17.2 Å². The Morgan fingerprint density at radius 3 is 2.81 bits per heavy atom. The minimum absolute atomic E-state index is 0.0213. The topological polar surface area (TPSA) is 129 Å². The fourth-order valence-corrected chi connectivity index (χ4v) is 2.61. The predicted octanol–water partition coefficient (Wildman–Crippen LogP) is 1.99. The summed E-state index contributed by atoms with van der Waals surface area (Å²) in [5.41, 5.74) is 2.62. The molecule has 0 spiro atoms. The highest BCUT2D eigenvalue weighted by Crippen LogP contribution is 2.20. The molecule has 3 aromatic rings. The number of fused-ring (bicyclic) bond motifs is 1. The van der Waals surface area contributed by atoms with Gasteiger partial charge in [0.05, 0.1) is 12.6 Å². The lowest BCUT2D eigenvalue weighted by atomic mass is 10.1. The van der Waals surface area contributed by atoms with E-state index in [-0.39, 0.29) is 24.3 Å². The van der Waals surface area contributed by atoms with Crippen LogP contribution in [0.25, 0.3) is 11.2 Å². The fourth-order valence-electron chi connectivity index (χ4n) is 2.61. The summed E-state index contributed by atoms with van der Waals surface area (Å²) < 4.78 is 0. The van der Waals surface area contributed by atoms with Crippen LogP contribution < -0.4 is 10.6 Å². The van der Waals surface area contributed by atoms with Crippen LogP contribution in [0.1, 0.15) is 36.7 Å². The van der Waals surface area contributed by atoms with Gasteiger partial charge in [-0.05, 0) is 24.5 Å². The Balaban J connectivity index is 1.84. The molecule has 0 radical (unpaired) electrons. The molecule has 27 heavy (non-hydrogen) atoms. The third-order valence-electron chi connectivity index (χ3n) is 4.30. The van der Waals surface area contributed by atoms with Gasteiger partial charge in [-0.15, -0.1) is 5.10 Å². The molecule has 2 heterocycles. The van der Waals surface area contributed by atoms with E-state index in [1.165, 1.54) is 0 Å². The van der Waals surface area contributed by atoms with E-state index in [2.05, 4.69) is 36.0 Å². The molecule has 0 aliphatic heterocycles. The van der Waals surface area contributed by atoms with Crippen molar-refractivity contribution in [3.8, 4) is 0 Å². The van der Waals surface area contributed by atoms with Gasteiger partial charge >= 0.3 is 0 Å². The van der Waals surface area contributed by atoms with Crippen LogP contribution in [0.4, 0.5) is 11.8 Å². The van der Waals surface area contributed by atoms with Crippen LogP contribution in [0.5, 0.6) is 0 Å². The number of nitrogens with zero attached hydrogens (tertiary/aromatic N) is 4. The van der Waals surface area contributed by atoms with Gasteiger partial charge in [-0.1, -0.05) is 37.3 Å². The Morgan fingerprint density at radius 2 is 2.11 bits per heavy atom. The largest absolute Gasteiger partial charge is 0.394 e. The summed E-state index contributed by atoms with van der Waals surface area (Å²) in [5.74, 6) is 1.12. The molecule has 0 aliphatic rings. The average molecular weight is 369 g/mol. The number of hydrogen-bond donors (Lipinski definition) is 4. The van der Waals surface area contributed by atoms with Crippen LogP contribution in [-0.4, -0.2) is 48.9 Å². The van der Waals surface area contributed by atoms with Gasteiger partial charge in [0.2, 0.25) is 5.95 Å². The summed E-state index contributed by atoms with van der Waals surface area (Å²) in [6.45, 7) is 5.99. The normalized spacial score (nSPS) is 12.3. The molecule has 0 bridgehead atoms. The monoisotopic (exact) mass is 369 g/mol. The molecular formula is C18H23N7O2. The first-order valence-corrected chi connectivity index (χ1v) is 8.78. The number of aliphatic hydroxyl groups is 1. The maximum Gasteiger partial charge on any atom is 0.227 e. The maximum absolute atomic E-state index is 11.6. The van der Waals surface area contributed by atoms with E-state index in [4.69, 9.17) is 0 Å². The first kappa shape index (κ1) is 18.7. The molecule has 4 N–H and O–H groups in total. The third kappa shape index (κ3) is 4.37. The van der Waals surface area contributed by atoms with Crippen LogP contribution in [0.15, 0.2) is 24.3 Å². The minimum Gasteiger partial charge on any atom is -0.394 e.